The van der Waals surface area contributed by atoms with Crippen molar-refractivity contribution in [2.75, 3.05) is 12.4 Å². The van der Waals surface area contributed by atoms with Gasteiger partial charge in [0.05, 0.1) is 21.5 Å². The van der Waals surface area contributed by atoms with Crippen LogP contribution in [-0.4, -0.2) is 39.0 Å². The van der Waals surface area contributed by atoms with Crippen molar-refractivity contribution >= 4 is 40.6 Å². The maximum absolute atomic E-state index is 12.5. The Balaban J connectivity index is 2.20. The Bertz CT molecular complexity index is 991. The average molecular weight is 346 g/mol. The van der Waals surface area contributed by atoms with Crippen molar-refractivity contribution in [1.29, 1.82) is 5.41 Å². The van der Waals surface area contributed by atoms with Crippen molar-refractivity contribution < 1.29 is 4.79 Å². The SMILES string of the molecule is CNC(=O)Nc1ncc2c(=O)n(-c3ccc(Cl)cn3)[nH]c2c1C=N. The number of carbonyl (C=O) groups is 1. The summed E-state index contributed by atoms with van der Waals surface area (Å²) in [6.45, 7) is 0. The number of aromatic amines is 1. The Labute approximate surface area is 140 Å². The molecule has 3 rings (SSSR count). The first kappa shape index (κ1) is 15.7. The number of H-pyrrole nitrogens is 1. The molecule has 0 atom stereocenters. The number of nitrogens with zero attached hydrogens (tertiary/aromatic N) is 3. The van der Waals surface area contributed by atoms with Gasteiger partial charge in [-0.1, -0.05) is 11.6 Å². The van der Waals surface area contributed by atoms with Crippen molar-refractivity contribution in [3.8, 4) is 5.82 Å². The molecular weight excluding hydrogens is 334 g/mol. The molecule has 0 unspecified atom stereocenters. The molecule has 3 aromatic heterocycles. The van der Waals surface area contributed by atoms with Crippen LogP contribution in [0.1, 0.15) is 5.56 Å². The minimum atomic E-state index is -0.480. The van der Waals surface area contributed by atoms with Crippen LogP contribution in [0, 0.1) is 5.41 Å². The van der Waals surface area contributed by atoms with Gasteiger partial charge >= 0.3 is 6.03 Å². The van der Waals surface area contributed by atoms with Crippen LogP contribution in [0.2, 0.25) is 5.02 Å². The minimum Gasteiger partial charge on any atom is -0.341 e. The molecule has 4 N–H and O–H groups in total. The molecule has 0 radical (unpaired) electrons. The van der Waals surface area contributed by atoms with Crippen molar-refractivity contribution in [3.05, 3.63) is 45.5 Å². The van der Waals surface area contributed by atoms with Crippen LogP contribution >= 0.6 is 11.6 Å². The summed E-state index contributed by atoms with van der Waals surface area (Å²) in [4.78, 5) is 32.1. The summed E-state index contributed by atoms with van der Waals surface area (Å²) in [6.07, 6.45) is 3.76. The quantitative estimate of drug-likeness (QED) is 0.536. The maximum Gasteiger partial charge on any atom is 0.320 e. The Morgan fingerprint density at radius 1 is 1.38 bits per heavy atom. The summed E-state index contributed by atoms with van der Waals surface area (Å²) in [5.74, 6) is 0.506. The molecule has 10 heteroatoms. The van der Waals surface area contributed by atoms with Gasteiger partial charge in [-0.3, -0.25) is 15.2 Å². The van der Waals surface area contributed by atoms with E-state index in [1.807, 2.05) is 0 Å². The number of carbonyl (C=O) groups excluding carboxylic acids is 1. The number of hydrogen-bond donors (Lipinski definition) is 4. The average Bonchev–Trinajstić information content (AvgIpc) is 2.92. The highest BCUT2D eigenvalue weighted by atomic mass is 35.5. The van der Waals surface area contributed by atoms with E-state index in [9.17, 15) is 9.59 Å². The number of pyridine rings is 2. The molecule has 0 fully saturated rings. The molecule has 0 saturated heterocycles. The Morgan fingerprint density at radius 2 is 2.17 bits per heavy atom. The lowest BCUT2D eigenvalue weighted by Gasteiger charge is -2.06. The lowest BCUT2D eigenvalue weighted by Crippen LogP contribution is -2.25. The maximum atomic E-state index is 12.5. The van der Waals surface area contributed by atoms with Crippen LogP contribution < -0.4 is 16.2 Å². The lowest BCUT2D eigenvalue weighted by atomic mass is 10.2. The number of urea groups is 1. The summed E-state index contributed by atoms with van der Waals surface area (Å²) >= 11 is 5.80. The van der Waals surface area contributed by atoms with Gasteiger partial charge in [0.25, 0.3) is 5.56 Å². The molecule has 3 aromatic rings. The molecule has 2 amide bonds. The first-order valence-corrected chi connectivity index (χ1v) is 7.18. The van der Waals surface area contributed by atoms with Gasteiger partial charge in [0.2, 0.25) is 0 Å². The fraction of sp³-hybridized carbons (Fsp3) is 0.0714. The topological polar surface area (TPSA) is 129 Å². The van der Waals surface area contributed by atoms with Crippen molar-refractivity contribution in [3.63, 3.8) is 0 Å². The number of hydrogen-bond acceptors (Lipinski definition) is 5. The number of nitrogens with one attached hydrogen (secondary N) is 4. The van der Waals surface area contributed by atoms with E-state index in [1.165, 1.54) is 24.1 Å². The zero-order valence-corrected chi connectivity index (χ0v) is 13.2. The third kappa shape index (κ3) is 2.61. The van der Waals surface area contributed by atoms with Gasteiger partial charge in [-0.05, 0) is 12.1 Å². The molecule has 9 nitrogen and oxygen atoms in total. The van der Waals surface area contributed by atoms with Gasteiger partial charge in [-0.15, -0.1) is 0 Å². The number of fused-ring (bicyclic) bond motifs is 1. The standard InChI is InChI=1S/C14H12ClN7O2/c1-17-14(24)20-12-8(4-16)11-9(6-19-12)13(23)22(21-11)10-3-2-7(15)5-18-10/h2-6,16,21H,1H3,(H2,17,19,20,24). The van der Waals surface area contributed by atoms with E-state index >= 15 is 0 Å². The predicted octanol–water partition coefficient (Wildman–Crippen LogP) is 1.51. The highest BCUT2D eigenvalue weighted by molar-refractivity contribution is 6.30. The van der Waals surface area contributed by atoms with Gasteiger partial charge in [-0.25, -0.2) is 19.4 Å². The fourth-order valence-corrected chi connectivity index (χ4v) is 2.28. The zero-order chi connectivity index (χ0) is 17.3. The first-order chi connectivity index (χ1) is 11.5. The van der Waals surface area contributed by atoms with E-state index in [0.29, 0.717) is 16.4 Å². The monoisotopic (exact) mass is 345 g/mol. The second-order valence-electron chi connectivity index (χ2n) is 4.74. The van der Waals surface area contributed by atoms with Gasteiger partial charge in [0.15, 0.2) is 5.82 Å². The summed E-state index contributed by atoms with van der Waals surface area (Å²) in [5, 5.41) is 16.1. The number of halogens is 1. The highest BCUT2D eigenvalue weighted by Crippen LogP contribution is 2.20. The molecule has 0 aliphatic rings. The van der Waals surface area contributed by atoms with Crippen LogP contribution in [0.5, 0.6) is 0 Å². The largest absolute Gasteiger partial charge is 0.341 e. The summed E-state index contributed by atoms with van der Waals surface area (Å²) in [6, 6.07) is 2.71. The smallest absolute Gasteiger partial charge is 0.320 e. The van der Waals surface area contributed by atoms with Gasteiger partial charge in [-0.2, -0.15) is 0 Å². The van der Waals surface area contributed by atoms with Crippen molar-refractivity contribution in [2.24, 2.45) is 0 Å². The van der Waals surface area contributed by atoms with E-state index in [2.05, 4.69) is 25.7 Å². The molecule has 0 aliphatic heterocycles. The molecule has 0 spiro atoms. The normalized spacial score (nSPS) is 10.6. The molecular formula is C14H12ClN7O2. The van der Waals surface area contributed by atoms with E-state index in [0.717, 1.165) is 6.21 Å². The van der Waals surface area contributed by atoms with Gasteiger partial charge in [0, 0.05) is 25.7 Å². The molecule has 0 saturated carbocycles. The first-order valence-electron chi connectivity index (χ1n) is 6.80. The van der Waals surface area contributed by atoms with E-state index in [-0.39, 0.29) is 22.3 Å². The number of rotatable bonds is 3. The van der Waals surface area contributed by atoms with Crippen LogP contribution in [0.4, 0.5) is 10.6 Å². The molecule has 24 heavy (non-hydrogen) atoms. The summed E-state index contributed by atoms with van der Waals surface area (Å²) in [5.41, 5.74) is 0.274. The van der Waals surface area contributed by atoms with E-state index < -0.39 is 6.03 Å². The molecule has 0 bridgehead atoms. The highest BCUT2D eigenvalue weighted by Gasteiger charge is 2.16. The number of amides is 2. The number of anilines is 1. The second kappa shape index (κ2) is 6.13. The Morgan fingerprint density at radius 3 is 2.79 bits per heavy atom. The zero-order valence-electron chi connectivity index (χ0n) is 12.4. The van der Waals surface area contributed by atoms with Crippen molar-refractivity contribution in [2.45, 2.75) is 0 Å². The molecule has 122 valence electrons. The number of aromatic nitrogens is 4. The fourth-order valence-electron chi connectivity index (χ4n) is 2.16. The van der Waals surface area contributed by atoms with Crippen LogP contribution in [-0.2, 0) is 0 Å². The van der Waals surface area contributed by atoms with Crippen LogP contribution in [0.3, 0.4) is 0 Å². The molecule has 0 aromatic carbocycles. The van der Waals surface area contributed by atoms with Crippen LogP contribution in [0.15, 0.2) is 29.3 Å². The van der Waals surface area contributed by atoms with E-state index in [4.69, 9.17) is 17.0 Å². The summed E-state index contributed by atoms with van der Waals surface area (Å²) < 4.78 is 1.22. The minimum absolute atomic E-state index is 0.161. The van der Waals surface area contributed by atoms with Crippen LogP contribution in [0.25, 0.3) is 16.7 Å². The van der Waals surface area contributed by atoms with Gasteiger partial charge in [0.1, 0.15) is 5.82 Å². The third-order valence-electron chi connectivity index (χ3n) is 3.32. The molecule has 0 aliphatic carbocycles. The van der Waals surface area contributed by atoms with E-state index in [1.54, 1.807) is 12.1 Å². The Kier molecular flexibility index (Phi) is 4.00. The Hall–Kier alpha value is -3.20. The third-order valence-corrected chi connectivity index (χ3v) is 3.54. The predicted molar refractivity (Wildman–Crippen MR) is 90.5 cm³/mol. The van der Waals surface area contributed by atoms with Gasteiger partial charge < -0.3 is 10.7 Å². The lowest BCUT2D eigenvalue weighted by molar-refractivity contribution is 0.254. The second-order valence-corrected chi connectivity index (χ2v) is 5.18. The van der Waals surface area contributed by atoms with Crippen molar-refractivity contribution in [1.82, 2.24) is 25.1 Å². The molecule has 3 heterocycles. The summed E-state index contributed by atoms with van der Waals surface area (Å²) in [7, 11) is 1.46.